The summed E-state index contributed by atoms with van der Waals surface area (Å²) in [6, 6.07) is 0. The second kappa shape index (κ2) is 2.28. The van der Waals surface area contributed by atoms with E-state index in [0.29, 0.717) is 0 Å². The molecule has 0 aromatic carbocycles. The highest BCUT2D eigenvalue weighted by molar-refractivity contribution is 7.23. The standard InChI is InChI=1S/C5H7OSi4/c1-4-3-10(9,6-8)5(4,2)7/h3H,1-2H3/t5-,10-/m0/s1. The van der Waals surface area contributed by atoms with Crippen LogP contribution >= 0.6 is 0 Å². The Hall–Kier alpha value is 0.568. The number of allylic oxidation sites excluding steroid dienone is 1. The molecule has 0 amide bonds. The van der Waals surface area contributed by atoms with Crippen molar-refractivity contribution in [1.82, 2.24) is 0 Å². The SMILES string of the molecule is CC1=C[Si@@]([Si])(O[Si])[C@]1(C)[Si]. The first kappa shape index (κ1) is 8.66. The zero-order valence-corrected chi connectivity index (χ0v) is 9.99. The van der Waals surface area contributed by atoms with Gasteiger partial charge in [-0.15, -0.1) is 0 Å². The topological polar surface area (TPSA) is 9.23 Å². The number of rotatable bonds is 1. The molecule has 1 aliphatic heterocycles. The zero-order chi connectivity index (χ0) is 7.99. The Morgan fingerprint density at radius 2 is 2.20 bits per heavy atom. The average Bonchev–Trinajstić information content (AvgIpc) is 1.88. The van der Waals surface area contributed by atoms with E-state index < -0.39 is 7.83 Å². The smallest absolute Gasteiger partial charge is 0.230 e. The number of hydrogen-bond donors (Lipinski definition) is 0. The maximum Gasteiger partial charge on any atom is 0.230 e. The molecule has 0 aromatic heterocycles. The van der Waals surface area contributed by atoms with E-state index in [9.17, 15) is 0 Å². The molecule has 1 heterocycles. The van der Waals surface area contributed by atoms with Gasteiger partial charge in [0.05, 0.1) is 9.76 Å². The second-order valence-electron chi connectivity index (χ2n) is 2.79. The minimum atomic E-state index is -1.79. The lowest BCUT2D eigenvalue weighted by molar-refractivity contribution is 0.589. The largest absolute Gasteiger partial charge is 0.456 e. The Bertz CT molecular complexity index is 188. The van der Waals surface area contributed by atoms with Crippen molar-refractivity contribution in [2.45, 2.75) is 18.5 Å². The predicted octanol–water partition coefficient (Wildman–Crippen LogP) is 0.0826. The van der Waals surface area contributed by atoms with E-state index in [4.69, 9.17) is 4.12 Å². The molecule has 49 valence electrons. The third-order valence-corrected chi connectivity index (χ3v) is 11.2. The van der Waals surface area contributed by atoms with Crippen molar-refractivity contribution in [3.05, 3.63) is 11.3 Å². The third kappa shape index (κ3) is 0.883. The van der Waals surface area contributed by atoms with Crippen LogP contribution in [-0.2, 0) is 4.12 Å². The summed E-state index contributed by atoms with van der Waals surface area (Å²) in [6.07, 6.45) is 0. The van der Waals surface area contributed by atoms with Crippen LogP contribution in [0.1, 0.15) is 13.8 Å². The summed E-state index contributed by atoms with van der Waals surface area (Å²) >= 11 is 0. The molecule has 9 radical (unpaired) electrons. The van der Waals surface area contributed by atoms with Crippen LogP contribution in [-0.4, -0.2) is 38.3 Å². The Labute approximate surface area is 72.5 Å². The molecule has 2 atom stereocenters. The third-order valence-electron chi connectivity index (χ3n) is 2.11. The van der Waals surface area contributed by atoms with Crippen LogP contribution in [0.15, 0.2) is 11.3 Å². The van der Waals surface area contributed by atoms with Gasteiger partial charge >= 0.3 is 0 Å². The number of hydrogen-bond acceptors (Lipinski definition) is 1. The zero-order valence-electron chi connectivity index (χ0n) is 5.99. The van der Waals surface area contributed by atoms with Crippen molar-refractivity contribution in [3.63, 3.8) is 0 Å². The van der Waals surface area contributed by atoms with Crippen molar-refractivity contribution in [2.24, 2.45) is 0 Å². The molecule has 1 rings (SSSR count). The van der Waals surface area contributed by atoms with E-state index in [2.05, 4.69) is 50.0 Å². The first-order chi connectivity index (χ1) is 4.44. The predicted molar refractivity (Wildman–Crippen MR) is 46.2 cm³/mol. The quantitative estimate of drug-likeness (QED) is 0.539. The van der Waals surface area contributed by atoms with Crippen molar-refractivity contribution in [1.29, 1.82) is 0 Å². The van der Waals surface area contributed by atoms with Gasteiger partial charge in [0.1, 0.15) is 0 Å². The highest BCUT2D eigenvalue weighted by Gasteiger charge is 2.50. The van der Waals surface area contributed by atoms with Crippen LogP contribution < -0.4 is 0 Å². The van der Waals surface area contributed by atoms with Crippen LogP contribution in [0.2, 0.25) is 4.66 Å². The maximum absolute atomic E-state index is 5.19. The lowest BCUT2D eigenvalue weighted by Crippen LogP contribution is -2.56. The first-order valence-electron chi connectivity index (χ1n) is 2.99. The summed E-state index contributed by atoms with van der Waals surface area (Å²) in [6.45, 7) is 4.20. The summed E-state index contributed by atoms with van der Waals surface area (Å²) in [5, 5.41) is 0. The minimum absolute atomic E-state index is 0.0334. The molecule has 0 bridgehead atoms. The first-order valence-corrected chi connectivity index (χ1v) is 7.38. The van der Waals surface area contributed by atoms with Crippen LogP contribution in [0.25, 0.3) is 0 Å². The van der Waals surface area contributed by atoms with Crippen LogP contribution in [0.5, 0.6) is 0 Å². The molecule has 0 fully saturated rings. The molecule has 0 aromatic rings. The van der Waals surface area contributed by atoms with Gasteiger partial charge in [-0.25, -0.2) is 0 Å². The van der Waals surface area contributed by atoms with Crippen molar-refractivity contribution in [3.8, 4) is 0 Å². The van der Waals surface area contributed by atoms with Gasteiger partial charge in [0.2, 0.25) is 10.5 Å². The molecule has 0 saturated carbocycles. The molecule has 10 heavy (non-hydrogen) atoms. The van der Waals surface area contributed by atoms with Gasteiger partial charge in [0, 0.05) is 10.2 Å². The summed E-state index contributed by atoms with van der Waals surface area (Å²) in [5.74, 6) is 0. The molecular weight excluding hydrogens is 188 g/mol. The average molecular weight is 195 g/mol. The van der Waals surface area contributed by atoms with Gasteiger partial charge < -0.3 is 4.12 Å². The van der Waals surface area contributed by atoms with Crippen molar-refractivity contribution in [2.75, 3.05) is 0 Å². The maximum atomic E-state index is 5.19. The van der Waals surface area contributed by atoms with E-state index in [1.165, 1.54) is 5.57 Å². The van der Waals surface area contributed by atoms with Gasteiger partial charge in [-0.3, -0.25) is 0 Å². The van der Waals surface area contributed by atoms with E-state index >= 15 is 0 Å². The summed E-state index contributed by atoms with van der Waals surface area (Å²) in [4.78, 5) is 0. The van der Waals surface area contributed by atoms with E-state index in [0.717, 1.165) is 0 Å². The van der Waals surface area contributed by atoms with E-state index in [-0.39, 0.29) is 4.66 Å². The summed E-state index contributed by atoms with van der Waals surface area (Å²) < 4.78 is 5.23. The molecule has 1 nitrogen and oxygen atoms in total. The van der Waals surface area contributed by atoms with Crippen molar-refractivity contribution < 1.29 is 4.12 Å². The highest BCUT2D eigenvalue weighted by Crippen LogP contribution is 2.48. The summed E-state index contributed by atoms with van der Waals surface area (Å²) in [5.41, 5.74) is 3.47. The normalized spacial score (nSPS) is 46.3. The molecule has 1 aliphatic rings. The Kier molecular flexibility index (Phi) is 1.97. The molecule has 5 heteroatoms. The second-order valence-corrected chi connectivity index (χ2v) is 10.1. The van der Waals surface area contributed by atoms with Gasteiger partial charge in [-0.2, -0.15) is 0 Å². The molecule has 0 saturated heterocycles. The molecule has 0 aliphatic carbocycles. The lowest BCUT2D eigenvalue weighted by Gasteiger charge is -2.48. The lowest BCUT2D eigenvalue weighted by atomic mass is 10.2. The van der Waals surface area contributed by atoms with Crippen LogP contribution in [0, 0.1) is 0 Å². The fourth-order valence-electron chi connectivity index (χ4n) is 0.940. The fraction of sp³-hybridized carbons (Fsp3) is 0.600. The monoisotopic (exact) mass is 195 g/mol. The van der Waals surface area contributed by atoms with Crippen LogP contribution in [0.4, 0.5) is 0 Å². The summed E-state index contributed by atoms with van der Waals surface area (Å²) in [7, 11) is 8.56. The van der Waals surface area contributed by atoms with Crippen LogP contribution in [0.3, 0.4) is 0 Å². The minimum Gasteiger partial charge on any atom is -0.456 e. The van der Waals surface area contributed by atoms with Gasteiger partial charge in [0.15, 0.2) is 7.83 Å². The molecule has 0 unspecified atom stereocenters. The van der Waals surface area contributed by atoms with Gasteiger partial charge in [0.25, 0.3) is 0 Å². The molecule has 0 spiro atoms. The molecular formula is C5H7OSi4. The fourth-order valence-corrected chi connectivity index (χ4v) is 5.74. The van der Waals surface area contributed by atoms with E-state index in [1.807, 2.05) is 0 Å². The van der Waals surface area contributed by atoms with Gasteiger partial charge in [-0.05, 0) is 11.6 Å². The Balaban J connectivity index is 2.90. The van der Waals surface area contributed by atoms with Crippen molar-refractivity contribution >= 4 is 38.3 Å². The Morgan fingerprint density at radius 3 is 2.30 bits per heavy atom. The Morgan fingerprint density at radius 1 is 1.70 bits per heavy atom. The van der Waals surface area contributed by atoms with E-state index in [1.54, 1.807) is 0 Å². The molecule has 0 N–H and O–H groups in total. The highest BCUT2D eigenvalue weighted by atomic mass is 29.2. The van der Waals surface area contributed by atoms with Gasteiger partial charge in [-0.1, -0.05) is 18.2 Å².